The van der Waals surface area contributed by atoms with E-state index in [-0.39, 0.29) is 0 Å². The molecule has 1 aliphatic heterocycles. The van der Waals surface area contributed by atoms with E-state index in [0.29, 0.717) is 13.0 Å². The first-order chi connectivity index (χ1) is 5.02. The number of nitrogens with one attached hydrogen (secondary N) is 1. The first kappa shape index (κ1) is 9.35. The number of hydrogen-bond acceptors (Lipinski definition) is 2. The summed E-state index contributed by atoms with van der Waals surface area (Å²) < 4.78 is 24.8. The predicted molar refractivity (Wildman–Crippen MR) is 40.9 cm³/mol. The molecule has 2 N–H and O–H groups in total. The van der Waals surface area contributed by atoms with Crippen LogP contribution in [-0.2, 0) is 0 Å². The Morgan fingerprint density at radius 3 is 2.64 bits per heavy atom. The van der Waals surface area contributed by atoms with E-state index in [1.165, 1.54) is 0 Å². The van der Waals surface area contributed by atoms with E-state index in [1.807, 2.05) is 0 Å². The van der Waals surface area contributed by atoms with Crippen molar-refractivity contribution in [2.75, 3.05) is 6.54 Å². The Bertz CT molecular complexity index is 133. The molecule has 2 atom stereocenters. The number of aliphatic hydroxyl groups is 1. The molecule has 1 saturated heterocycles. The molecule has 0 aliphatic carbocycles. The van der Waals surface area contributed by atoms with Crippen molar-refractivity contribution in [3.05, 3.63) is 0 Å². The molecule has 0 amide bonds. The molecule has 0 aromatic rings. The van der Waals surface area contributed by atoms with Crippen molar-refractivity contribution in [1.82, 2.24) is 5.32 Å². The van der Waals surface area contributed by atoms with Gasteiger partial charge >= 0.3 is 4.83 Å². The van der Waals surface area contributed by atoms with Crippen LogP contribution >= 0.6 is 15.9 Å². The Morgan fingerprint density at radius 2 is 2.27 bits per heavy atom. The summed E-state index contributed by atoms with van der Waals surface area (Å²) in [5.74, 6) is 0. The van der Waals surface area contributed by atoms with Gasteiger partial charge in [-0.1, -0.05) is 0 Å². The monoisotopic (exact) mass is 229 g/mol. The van der Waals surface area contributed by atoms with Crippen LogP contribution < -0.4 is 5.32 Å². The van der Waals surface area contributed by atoms with Crippen molar-refractivity contribution in [3.63, 3.8) is 0 Å². The number of halogens is 3. The van der Waals surface area contributed by atoms with E-state index >= 15 is 0 Å². The molecule has 1 rings (SSSR count). The van der Waals surface area contributed by atoms with E-state index in [4.69, 9.17) is 5.11 Å². The highest BCUT2D eigenvalue weighted by atomic mass is 79.9. The van der Waals surface area contributed by atoms with Crippen LogP contribution in [0.4, 0.5) is 8.78 Å². The summed E-state index contributed by atoms with van der Waals surface area (Å²) in [7, 11) is 0. The third-order valence-corrected chi connectivity index (χ3v) is 2.28. The van der Waals surface area contributed by atoms with Crippen molar-refractivity contribution in [3.8, 4) is 0 Å². The van der Waals surface area contributed by atoms with Crippen LogP contribution in [0.5, 0.6) is 0 Å². The lowest BCUT2D eigenvalue weighted by Crippen LogP contribution is -2.43. The molecule has 0 aromatic heterocycles. The summed E-state index contributed by atoms with van der Waals surface area (Å²) >= 11 is 2.13. The highest BCUT2D eigenvalue weighted by Crippen LogP contribution is 2.30. The average Bonchev–Trinajstić information content (AvgIpc) is 2.34. The SMILES string of the molecule is OC(C1CCCN1)C(F)(F)Br. The van der Waals surface area contributed by atoms with Gasteiger partial charge in [-0.3, -0.25) is 0 Å². The fourth-order valence-corrected chi connectivity index (χ4v) is 1.53. The minimum Gasteiger partial charge on any atom is -0.384 e. The lowest BCUT2D eigenvalue weighted by atomic mass is 10.1. The van der Waals surface area contributed by atoms with Gasteiger partial charge in [-0.25, -0.2) is 0 Å². The van der Waals surface area contributed by atoms with Gasteiger partial charge in [0.2, 0.25) is 0 Å². The van der Waals surface area contributed by atoms with Gasteiger partial charge in [-0.15, -0.1) is 0 Å². The first-order valence-corrected chi connectivity index (χ1v) is 4.29. The van der Waals surface area contributed by atoms with E-state index in [9.17, 15) is 8.78 Å². The molecule has 5 heteroatoms. The smallest absolute Gasteiger partial charge is 0.328 e. The zero-order valence-corrected chi connectivity index (χ0v) is 7.44. The molecule has 0 saturated carbocycles. The zero-order chi connectivity index (χ0) is 8.48. The lowest BCUT2D eigenvalue weighted by Gasteiger charge is -2.22. The van der Waals surface area contributed by atoms with Gasteiger partial charge in [0, 0.05) is 6.04 Å². The first-order valence-electron chi connectivity index (χ1n) is 3.50. The number of rotatable bonds is 2. The molecule has 1 heterocycles. The molecule has 2 unspecified atom stereocenters. The van der Waals surface area contributed by atoms with Crippen LogP contribution in [0.3, 0.4) is 0 Å². The Kier molecular flexibility index (Phi) is 2.83. The maximum atomic E-state index is 12.4. The van der Waals surface area contributed by atoms with Crippen molar-refractivity contribution >= 4 is 15.9 Å². The lowest BCUT2D eigenvalue weighted by molar-refractivity contribution is -0.0439. The van der Waals surface area contributed by atoms with Crippen molar-refractivity contribution in [2.24, 2.45) is 0 Å². The quantitative estimate of drug-likeness (QED) is 0.696. The minimum absolute atomic E-state index is 0.468. The van der Waals surface area contributed by atoms with Gasteiger partial charge in [0.25, 0.3) is 0 Å². The van der Waals surface area contributed by atoms with Crippen LogP contribution in [0.2, 0.25) is 0 Å². The zero-order valence-electron chi connectivity index (χ0n) is 5.86. The Balaban J connectivity index is 2.46. The van der Waals surface area contributed by atoms with Crippen molar-refractivity contribution in [2.45, 2.75) is 29.8 Å². The van der Waals surface area contributed by atoms with Gasteiger partial charge in [0.15, 0.2) is 0 Å². The average molecular weight is 230 g/mol. The second-order valence-corrected chi connectivity index (χ2v) is 3.75. The minimum atomic E-state index is -3.17. The van der Waals surface area contributed by atoms with Crippen LogP contribution in [0, 0.1) is 0 Å². The number of hydrogen-bond donors (Lipinski definition) is 2. The van der Waals surface area contributed by atoms with E-state index in [2.05, 4.69) is 21.2 Å². The van der Waals surface area contributed by atoms with Crippen LogP contribution in [0.15, 0.2) is 0 Å². The molecule has 1 aliphatic rings. The summed E-state index contributed by atoms with van der Waals surface area (Å²) in [5, 5.41) is 11.8. The second-order valence-electron chi connectivity index (χ2n) is 2.69. The molecule has 0 radical (unpaired) electrons. The molecular weight excluding hydrogens is 220 g/mol. The molecule has 2 nitrogen and oxygen atoms in total. The number of aliphatic hydroxyl groups excluding tert-OH is 1. The molecule has 0 aromatic carbocycles. The van der Waals surface area contributed by atoms with Gasteiger partial charge in [0.05, 0.1) is 0 Å². The van der Waals surface area contributed by atoms with E-state index in [0.717, 1.165) is 6.42 Å². The van der Waals surface area contributed by atoms with Gasteiger partial charge in [-0.05, 0) is 35.3 Å². The molecule has 0 bridgehead atoms. The second kappa shape index (κ2) is 3.33. The van der Waals surface area contributed by atoms with Crippen molar-refractivity contribution < 1.29 is 13.9 Å². The summed E-state index contributed by atoms with van der Waals surface area (Å²) in [6.07, 6.45) is -0.155. The van der Waals surface area contributed by atoms with Gasteiger partial charge in [-0.2, -0.15) is 8.78 Å². The standard InChI is InChI=1S/C6H10BrF2NO/c7-6(8,9)5(11)4-2-1-3-10-4/h4-5,10-11H,1-3H2. The Morgan fingerprint density at radius 1 is 1.64 bits per heavy atom. The van der Waals surface area contributed by atoms with E-state index < -0.39 is 17.0 Å². The summed E-state index contributed by atoms with van der Waals surface area (Å²) in [6, 6.07) is -0.468. The molecule has 0 spiro atoms. The topological polar surface area (TPSA) is 32.3 Å². The summed E-state index contributed by atoms with van der Waals surface area (Å²) in [5.41, 5.74) is 0. The predicted octanol–water partition coefficient (Wildman–Crippen LogP) is 1.09. The fourth-order valence-electron chi connectivity index (χ4n) is 1.21. The normalized spacial score (nSPS) is 28.9. The Hall–Kier alpha value is 0.260. The van der Waals surface area contributed by atoms with Gasteiger partial charge in [0.1, 0.15) is 6.10 Å². The molecule has 11 heavy (non-hydrogen) atoms. The molecule has 66 valence electrons. The molecular formula is C6H10BrF2NO. The third-order valence-electron chi connectivity index (χ3n) is 1.81. The third kappa shape index (κ3) is 2.35. The largest absolute Gasteiger partial charge is 0.384 e. The van der Waals surface area contributed by atoms with Crippen LogP contribution in [0.25, 0.3) is 0 Å². The maximum absolute atomic E-state index is 12.4. The molecule has 1 fully saturated rings. The number of alkyl halides is 3. The van der Waals surface area contributed by atoms with Crippen LogP contribution in [0.1, 0.15) is 12.8 Å². The Labute approximate surface area is 72.1 Å². The maximum Gasteiger partial charge on any atom is 0.328 e. The van der Waals surface area contributed by atoms with E-state index in [1.54, 1.807) is 0 Å². The fraction of sp³-hybridized carbons (Fsp3) is 1.00. The van der Waals surface area contributed by atoms with Crippen molar-refractivity contribution in [1.29, 1.82) is 0 Å². The highest BCUT2D eigenvalue weighted by Gasteiger charge is 2.41. The summed E-state index contributed by atoms with van der Waals surface area (Å²) in [4.78, 5) is -3.17. The van der Waals surface area contributed by atoms with Gasteiger partial charge < -0.3 is 10.4 Å². The van der Waals surface area contributed by atoms with Crippen LogP contribution in [-0.4, -0.2) is 28.6 Å². The highest BCUT2D eigenvalue weighted by molar-refractivity contribution is 9.10. The summed E-state index contributed by atoms with van der Waals surface area (Å²) in [6.45, 7) is 0.713.